The lowest BCUT2D eigenvalue weighted by Gasteiger charge is -2.24. The molecule has 1 unspecified atom stereocenters. The molecular formula is C18H17NO4S. The second kappa shape index (κ2) is 4.74. The molecule has 3 aliphatic rings. The molecule has 2 aromatic rings. The monoisotopic (exact) mass is 343 g/mol. The number of hydrogen-bond donors (Lipinski definition) is 1. The maximum Gasteiger partial charge on any atom is 0.231 e. The van der Waals surface area contributed by atoms with Crippen molar-refractivity contribution in [3.8, 4) is 11.5 Å². The molecule has 2 aromatic carbocycles. The largest absolute Gasteiger partial charge is 0.454 e. The summed E-state index contributed by atoms with van der Waals surface area (Å²) >= 11 is 0. The van der Waals surface area contributed by atoms with Crippen molar-refractivity contribution >= 4 is 9.73 Å². The number of hydrogen-bond acceptors (Lipinski definition) is 5. The molecule has 0 aromatic heterocycles. The second-order valence-corrected chi connectivity index (χ2v) is 8.73. The highest BCUT2D eigenvalue weighted by molar-refractivity contribution is 7.91. The molecule has 1 N–H and O–H groups in total. The predicted octanol–water partition coefficient (Wildman–Crippen LogP) is 3.75. The van der Waals surface area contributed by atoms with Crippen molar-refractivity contribution in [1.82, 2.24) is 0 Å². The molecule has 0 spiro atoms. The fourth-order valence-electron chi connectivity index (χ4n) is 4.10. The molecule has 1 fully saturated rings. The van der Waals surface area contributed by atoms with Crippen LogP contribution in [0.5, 0.6) is 11.5 Å². The zero-order valence-corrected chi connectivity index (χ0v) is 14.0. The van der Waals surface area contributed by atoms with Crippen LogP contribution in [0.1, 0.15) is 41.2 Å². The first-order chi connectivity index (χ1) is 11.5. The van der Waals surface area contributed by atoms with Gasteiger partial charge in [-0.15, -0.1) is 0 Å². The SMILES string of the molecule is CS(=N)(=O)c1ccccc1[C@@H]1C[C@@H]2O[C@H]1c1cc3c(cc12)OCO3. The number of ether oxygens (including phenoxy) is 3. The van der Waals surface area contributed by atoms with Crippen molar-refractivity contribution in [3.05, 3.63) is 53.1 Å². The quantitative estimate of drug-likeness (QED) is 0.902. The Balaban J connectivity index is 1.61. The number of rotatable bonds is 2. The van der Waals surface area contributed by atoms with Gasteiger partial charge in [0, 0.05) is 12.2 Å². The van der Waals surface area contributed by atoms with Gasteiger partial charge in [-0.05, 0) is 41.3 Å². The molecule has 5 rings (SSSR count). The molecule has 1 saturated heterocycles. The highest BCUT2D eigenvalue weighted by Gasteiger charge is 2.47. The average molecular weight is 343 g/mol. The lowest BCUT2D eigenvalue weighted by Crippen LogP contribution is -2.12. The summed E-state index contributed by atoms with van der Waals surface area (Å²) in [6.07, 6.45) is 2.26. The molecule has 0 aliphatic carbocycles. The molecular weight excluding hydrogens is 326 g/mol. The van der Waals surface area contributed by atoms with Gasteiger partial charge in [-0.1, -0.05) is 18.2 Å². The molecule has 3 aliphatic heterocycles. The van der Waals surface area contributed by atoms with Gasteiger partial charge in [-0.2, -0.15) is 0 Å². The van der Waals surface area contributed by atoms with E-state index < -0.39 is 9.73 Å². The van der Waals surface area contributed by atoms with Crippen LogP contribution in [0.3, 0.4) is 0 Å². The van der Waals surface area contributed by atoms with E-state index in [4.69, 9.17) is 19.0 Å². The topological polar surface area (TPSA) is 68.6 Å². The average Bonchev–Trinajstić information content (AvgIpc) is 3.26. The lowest BCUT2D eigenvalue weighted by atomic mass is 9.80. The molecule has 4 atom stereocenters. The maximum atomic E-state index is 12.4. The van der Waals surface area contributed by atoms with Gasteiger partial charge in [-0.25, -0.2) is 8.99 Å². The molecule has 3 heterocycles. The maximum absolute atomic E-state index is 12.4. The van der Waals surface area contributed by atoms with E-state index in [0.717, 1.165) is 29.0 Å². The third kappa shape index (κ3) is 1.93. The number of benzene rings is 2. The van der Waals surface area contributed by atoms with Crippen molar-refractivity contribution in [1.29, 1.82) is 4.78 Å². The third-order valence-electron chi connectivity index (χ3n) is 5.11. The molecule has 2 bridgehead atoms. The number of fused-ring (bicyclic) bond motifs is 6. The van der Waals surface area contributed by atoms with Crippen LogP contribution >= 0.6 is 0 Å². The minimum absolute atomic E-state index is 0.0243. The molecule has 124 valence electrons. The van der Waals surface area contributed by atoms with E-state index in [1.807, 2.05) is 30.3 Å². The number of nitrogens with one attached hydrogen (secondary N) is 1. The van der Waals surface area contributed by atoms with Gasteiger partial charge in [0.15, 0.2) is 11.5 Å². The predicted molar refractivity (Wildman–Crippen MR) is 88.0 cm³/mol. The Hall–Kier alpha value is -2.05. The van der Waals surface area contributed by atoms with Crippen molar-refractivity contribution in [3.63, 3.8) is 0 Å². The van der Waals surface area contributed by atoms with Crippen LogP contribution in [0.15, 0.2) is 41.3 Å². The fourth-order valence-corrected chi connectivity index (χ4v) is 5.11. The Morgan fingerprint density at radius 1 is 1.08 bits per heavy atom. The second-order valence-electron chi connectivity index (χ2n) is 6.60. The van der Waals surface area contributed by atoms with Gasteiger partial charge in [0.1, 0.15) is 0 Å². The molecule has 0 radical (unpaired) electrons. The Morgan fingerprint density at radius 2 is 1.79 bits per heavy atom. The summed E-state index contributed by atoms with van der Waals surface area (Å²) < 4.78 is 37.5. The van der Waals surface area contributed by atoms with Crippen molar-refractivity contribution in [2.75, 3.05) is 13.0 Å². The van der Waals surface area contributed by atoms with E-state index in [1.165, 1.54) is 11.8 Å². The van der Waals surface area contributed by atoms with E-state index in [2.05, 4.69) is 0 Å². The first-order valence-corrected chi connectivity index (χ1v) is 9.90. The summed E-state index contributed by atoms with van der Waals surface area (Å²) in [4.78, 5) is 0.619. The van der Waals surface area contributed by atoms with Crippen LogP contribution in [-0.2, 0) is 14.5 Å². The van der Waals surface area contributed by atoms with E-state index in [1.54, 1.807) is 6.07 Å². The lowest BCUT2D eigenvalue weighted by molar-refractivity contribution is 0.0670. The zero-order valence-electron chi connectivity index (χ0n) is 13.2. The van der Waals surface area contributed by atoms with E-state index >= 15 is 0 Å². The zero-order chi connectivity index (χ0) is 16.5. The first-order valence-electron chi connectivity index (χ1n) is 7.94. The molecule has 24 heavy (non-hydrogen) atoms. The Morgan fingerprint density at radius 3 is 2.54 bits per heavy atom. The summed E-state index contributed by atoms with van der Waals surface area (Å²) in [5.41, 5.74) is 3.26. The molecule has 6 heteroatoms. The van der Waals surface area contributed by atoms with Crippen LogP contribution < -0.4 is 9.47 Å². The van der Waals surface area contributed by atoms with Gasteiger partial charge in [0.05, 0.1) is 26.8 Å². The van der Waals surface area contributed by atoms with Crippen LogP contribution in [0.2, 0.25) is 0 Å². The third-order valence-corrected chi connectivity index (χ3v) is 6.33. The van der Waals surface area contributed by atoms with Crippen LogP contribution in [-0.4, -0.2) is 17.3 Å². The van der Waals surface area contributed by atoms with Crippen molar-refractivity contribution in [2.24, 2.45) is 0 Å². The van der Waals surface area contributed by atoms with Crippen LogP contribution in [0, 0.1) is 4.78 Å². The van der Waals surface area contributed by atoms with Crippen molar-refractivity contribution in [2.45, 2.75) is 29.4 Å². The highest BCUT2D eigenvalue weighted by Crippen LogP contribution is 2.60. The van der Waals surface area contributed by atoms with Gasteiger partial charge in [0.2, 0.25) is 6.79 Å². The molecule has 0 amide bonds. The standard InChI is InChI=1S/C18H17NO4S/c1-24(19,20)17-5-3-2-4-10(17)12-7-14-11-6-15-16(22-9-21-15)8-13(11)18(12)23-14/h2-6,8,12,14,18-19H,7,9H2,1H3/t12-,14-,18+,24?/m0/s1. The van der Waals surface area contributed by atoms with Crippen molar-refractivity contribution < 1.29 is 18.4 Å². The van der Waals surface area contributed by atoms with Gasteiger partial charge >= 0.3 is 0 Å². The Kier molecular flexibility index (Phi) is 2.82. The summed E-state index contributed by atoms with van der Waals surface area (Å²) in [5.74, 6) is 1.66. The minimum Gasteiger partial charge on any atom is -0.454 e. The van der Waals surface area contributed by atoms with Crippen LogP contribution in [0.4, 0.5) is 0 Å². The van der Waals surface area contributed by atoms with Gasteiger partial charge in [-0.3, -0.25) is 0 Å². The molecule has 5 nitrogen and oxygen atoms in total. The molecule has 0 saturated carbocycles. The van der Waals surface area contributed by atoms with Crippen LogP contribution in [0.25, 0.3) is 0 Å². The van der Waals surface area contributed by atoms with E-state index in [-0.39, 0.29) is 24.9 Å². The Bertz CT molecular complexity index is 953. The van der Waals surface area contributed by atoms with E-state index in [9.17, 15) is 4.21 Å². The fraction of sp³-hybridized carbons (Fsp3) is 0.333. The summed E-state index contributed by atoms with van der Waals surface area (Å²) in [7, 11) is -2.77. The summed E-state index contributed by atoms with van der Waals surface area (Å²) in [5, 5.41) is 0. The van der Waals surface area contributed by atoms with E-state index in [0.29, 0.717) is 4.90 Å². The smallest absolute Gasteiger partial charge is 0.231 e. The Labute approximate surface area is 140 Å². The van der Waals surface area contributed by atoms with Gasteiger partial charge < -0.3 is 14.2 Å². The first kappa shape index (κ1) is 14.3. The summed E-state index contributed by atoms with van der Waals surface area (Å²) in [6.45, 7) is 0.261. The minimum atomic E-state index is -2.77. The normalized spacial score (nSPS) is 28.6. The summed E-state index contributed by atoms with van der Waals surface area (Å²) in [6, 6.07) is 11.6. The van der Waals surface area contributed by atoms with Gasteiger partial charge in [0.25, 0.3) is 0 Å². The highest BCUT2D eigenvalue weighted by atomic mass is 32.2.